The second-order valence-electron chi connectivity index (χ2n) is 4.52. The Labute approximate surface area is 115 Å². The fourth-order valence-corrected chi connectivity index (χ4v) is 2.59. The van der Waals surface area contributed by atoms with Crippen molar-refractivity contribution in [1.82, 2.24) is 0 Å². The summed E-state index contributed by atoms with van der Waals surface area (Å²) in [5.41, 5.74) is 4.00. The Morgan fingerprint density at radius 3 is 2.83 bits per heavy atom. The number of furan rings is 1. The van der Waals surface area contributed by atoms with E-state index in [9.17, 15) is 0 Å². The van der Waals surface area contributed by atoms with Gasteiger partial charge in [0.1, 0.15) is 11.5 Å². The Balaban J connectivity index is 1.79. The quantitative estimate of drug-likeness (QED) is 0.760. The van der Waals surface area contributed by atoms with Gasteiger partial charge < -0.3 is 4.42 Å². The average molecular weight is 301 g/mol. The van der Waals surface area contributed by atoms with Gasteiger partial charge >= 0.3 is 0 Å². The molecule has 3 rings (SSSR count). The third-order valence-electron chi connectivity index (χ3n) is 3.06. The predicted octanol–water partition coefficient (Wildman–Crippen LogP) is 5.00. The van der Waals surface area contributed by atoms with Crippen molar-refractivity contribution in [3.8, 4) is 0 Å². The van der Waals surface area contributed by atoms with Crippen molar-refractivity contribution in [2.24, 2.45) is 0 Å². The monoisotopic (exact) mass is 300 g/mol. The Morgan fingerprint density at radius 1 is 1.17 bits per heavy atom. The van der Waals surface area contributed by atoms with E-state index in [0.717, 1.165) is 22.4 Å². The number of hydrogen-bond donors (Lipinski definition) is 0. The van der Waals surface area contributed by atoms with E-state index in [4.69, 9.17) is 4.42 Å². The van der Waals surface area contributed by atoms with Crippen LogP contribution >= 0.6 is 15.9 Å². The number of benzene rings is 1. The summed E-state index contributed by atoms with van der Waals surface area (Å²) in [6.45, 7) is 1.96. The van der Waals surface area contributed by atoms with Crippen LogP contribution in [0.4, 0.5) is 0 Å². The smallest absolute Gasteiger partial charge is 0.127 e. The van der Waals surface area contributed by atoms with Gasteiger partial charge in [0, 0.05) is 4.47 Å². The average Bonchev–Trinajstić information content (AvgIpc) is 2.92. The number of aryl methyl sites for hydroxylation is 1. The minimum atomic E-state index is 0.908. The summed E-state index contributed by atoms with van der Waals surface area (Å²) in [6, 6.07) is 10.4. The number of rotatable bonds is 2. The van der Waals surface area contributed by atoms with Crippen LogP contribution in [0.25, 0.3) is 12.2 Å². The molecule has 1 nitrogen and oxygen atoms in total. The molecule has 0 aliphatic heterocycles. The zero-order valence-electron chi connectivity index (χ0n) is 10.1. The first-order chi connectivity index (χ1) is 8.70. The molecule has 0 radical (unpaired) electrons. The first-order valence-corrected chi connectivity index (χ1v) is 6.73. The van der Waals surface area contributed by atoms with Crippen LogP contribution in [-0.4, -0.2) is 0 Å². The van der Waals surface area contributed by atoms with Crippen molar-refractivity contribution in [3.05, 3.63) is 69.1 Å². The van der Waals surface area contributed by atoms with E-state index in [1.807, 2.05) is 25.1 Å². The number of hydrogen-bond acceptors (Lipinski definition) is 1. The van der Waals surface area contributed by atoms with Crippen LogP contribution in [0.5, 0.6) is 0 Å². The molecule has 1 heterocycles. The first-order valence-electron chi connectivity index (χ1n) is 5.94. The highest BCUT2D eigenvalue weighted by Crippen LogP contribution is 2.28. The van der Waals surface area contributed by atoms with Crippen molar-refractivity contribution >= 4 is 28.1 Å². The summed E-state index contributed by atoms with van der Waals surface area (Å²) < 4.78 is 6.66. The highest BCUT2D eigenvalue weighted by molar-refractivity contribution is 9.10. The maximum absolute atomic E-state index is 5.52. The topological polar surface area (TPSA) is 13.1 Å². The molecule has 0 saturated carbocycles. The molecule has 0 saturated heterocycles. The Hall–Kier alpha value is -1.54. The molecule has 0 atom stereocenters. The van der Waals surface area contributed by atoms with Gasteiger partial charge in [-0.25, -0.2) is 0 Å². The molecule has 0 bridgehead atoms. The van der Waals surface area contributed by atoms with Crippen molar-refractivity contribution in [2.45, 2.75) is 13.3 Å². The molecule has 1 aromatic carbocycles. The lowest BCUT2D eigenvalue weighted by Crippen LogP contribution is -1.82. The summed E-state index contributed by atoms with van der Waals surface area (Å²) >= 11 is 3.51. The van der Waals surface area contributed by atoms with E-state index < -0.39 is 0 Å². The largest absolute Gasteiger partial charge is 0.462 e. The summed E-state index contributed by atoms with van der Waals surface area (Å²) in [4.78, 5) is 0. The predicted molar refractivity (Wildman–Crippen MR) is 78.3 cm³/mol. The van der Waals surface area contributed by atoms with E-state index in [1.165, 1.54) is 16.7 Å². The molecule has 2 heteroatoms. The molecule has 18 heavy (non-hydrogen) atoms. The first kappa shape index (κ1) is 11.5. The van der Waals surface area contributed by atoms with Gasteiger partial charge in [-0.3, -0.25) is 0 Å². The molecule has 1 aliphatic carbocycles. The zero-order valence-corrected chi connectivity index (χ0v) is 11.7. The van der Waals surface area contributed by atoms with Gasteiger partial charge in [0.15, 0.2) is 0 Å². The molecule has 0 N–H and O–H groups in total. The van der Waals surface area contributed by atoms with E-state index in [-0.39, 0.29) is 0 Å². The number of allylic oxidation sites excluding steroid dienone is 2. The lowest BCUT2D eigenvalue weighted by Gasteiger charge is -1.98. The van der Waals surface area contributed by atoms with Crippen molar-refractivity contribution in [2.75, 3.05) is 0 Å². The normalized spacial score (nSPS) is 14.0. The number of halogens is 1. The molecular weight excluding hydrogens is 288 g/mol. The van der Waals surface area contributed by atoms with E-state index in [2.05, 4.69) is 46.3 Å². The van der Waals surface area contributed by atoms with E-state index >= 15 is 0 Å². The second kappa shape index (κ2) is 4.62. The Bertz CT molecular complexity index is 647. The van der Waals surface area contributed by atoms with Crippen LogP contribution in [0.1, 0.15) is 22.6 Å². The maximum Gasteiger partial charge on any atom is 0.127 e. The molecule has 0 spiro atoms. The van der Waals surface area contributed by atoms with Crippen LogP contribution in [0.15, 0.2) is 50.9 Å². The number of fused-ring (bicyclic) bond motifs is 1. The molecule has 90 valence electrons. The fourth-order valence-electron chi connectivity index (χ4n) is 2.18. The van der Waals surface area contributed by atoms with Crippen LogP contribution in [0, 0.1) is 6.92 Å². The molecule has 0 fully saturated rings. The van der Waals surface area contributed by atoms with Crippen LogP contribution in [0.3, 0.4) is 0 Å². The van der Waals surface area contributed by atoms with Gasteiger partial charge in [-0.05, 0) is 60.4 Å². The van der Waals surface area contributed by atoms with Gasteiger partial charge in [-0.1, -0.05) is 34.1 Å². The van der Waals surface area contributed by atoms with Gasteiger partial charge in [0.05, 0.1) is 0 Å². The molecule has 0 amide bonds. The summed E-state index contributed by atoms with van der Waals surface area (Å²) in [5, 5.41) is 0. The second-order valence-corrected chi connectivity index (χ2v) is 5.44. The van der Waals surface area contributed by atoms with Crippen LogP contribution in [0.2, 0.25) is 0 Å². The summed E-state index contributed by atoms with van der Waals surface area (Å²) in [7, 11) is 0. The standard InChI is InChI=1S/C16H13BrO/c1-11-2-6-16(18-11)7-3-12-8-13-4-5-15(17)10-14(13)9-12/h2-8,10H,9H2,1H3/b7-3+. The third kappa shape index (κ3) is 2.34. The maximum atomic E-state index is 5.52. The summed E-state index contributed by atoms with van der Waals surface area (Å²) in [5.74, 6) is 1.85. The lowest BCUT2D eigenvalue weighted by molar-refractivity contribution is 0.525. The SMILES string of the molecule is Cc1ccc(/C=C/C2=Cc3ccc(Br)cc3C2)o1. The van der Waals surface area contributed by atoms with E-state index in [1.54, 1.807) is 0 Å². The van der Waals surface area contributed by atoms with Crippen molar-refractivity contribution in [1.29, 1.82) is 0 Å². The highest BCUT2D eigenvalue weighted by Gasteiger charge is 2.10. The van der Waals surface area contributed by atoms with Gasteiger partial charge in [-0.2, -0.15) is 0 Å². The molecule has 0 unspecified atom stereocenters. The molecule has 1 aliphatic rings. The van der Waals surface area contributed by atoms with Gasteiger partial charge in [0.25, 0.3) is 0 Å². The van der Waals surface area contributed by atoms with Crippen LogP contribution in [-0.2, 0) is 6.42 Å². The highest BCUT2D eigenvalue weighted by atomic mass is 79.9. The minimum absolute atomic E-state index is 0.908. The van der Waals surface area contributed by atoms with Crippen LogP contribution < -0.4 is 0 Å². The third-order valence-corrected chi connectivity index (χ3v) is 3.56. The van der Waals surface area contributed by atoms with Gasteiger partial charge in [-0.15, -0.1) is 0 Å². The zero-order chi connectivity index (χ0) is 12.5. The fraction of sp³-hybridized carbons (Fsp3) is 0.125. The Kier molecular flexibility index (Phi) is 2.96. The summed E-state index contributed by atoms with van der Waals surface area (Å²) in [6.07, 6.45) is 7.38. The molecular formula is C16H13BrO. The van der Waals surface area contributed by atoms with E-state index in [0.29, 0.717) is 0 Å². The molecule has 2 aromatic rings. The van der Waals surface area contributed by atoms with Crippen molar-refractivity contribution < 1.29 is 4.42 Å². The minimum Gasteiger partial charge on any atom is -0.462 e. The lowest BCUT2D eigenvalue weighted by atomic mass is 10.1. The van der Waals surface area contributed by atoms with Crippen molar-refractivity contribution in [3.63, 3.8) is 0 Å². The molecule has 1 aromatic heterocycles. The Morgan fingerprint density at radius 2 is 2.06 bits per heavy atom. The van der Waals surface area contributed by atoms with Gasteiger partial charge in [0.2, 0.25) is 0 Å².